The summed E-state index contributed by atoms with van der Waals surface area (Å²) in [5.41, 5.74) is 2.69. The summed E-state index contributed by atoms with van der Waals surface area (Å²) in [4.78, 5) is 7.07. The Morgan fingerprint density at radius 2 is 1.87 bits per heavy atom. The molecule has 4 rings (SSSR count). The number of likely N-dealkylation sites (tertiary alicyclic amines) is 1. The lowest BCUT2D eigenvalue weighted by atomic mass is 9.93. The molecule has 3 unspecified atom stereocenters. The van der Waals surface area contributed by atoms with E-state index >= 15 is 0 Å². The highest BCUT2D eigenvalue weighted by atomic mass is 127. The van der Waals surface area contributed by atoms with E-state index in [1.54, 1.807) is 0 Å². The first kappa shape index (κ1) is 23.9. The molecule has 0 saturated carbocycles. The van der Waals surface area contributed by atoms with Crippen molar-refractivity contribution in [3.63, 3.8) is 0 Å². The van der Waals surface area contributed by atoms with Gasteiger partial charge in [0.05, 0.1) is 6.61 Å². The lowest BCUT2D eigenvalue weighted by Gasteiger charge is -2.38. The van der Waals surface area contributed by atoms with Crippen molar-refractivity contribution in [3.05, 3.63) is 65.7 Å². The Bertz CT molecular complexity index is 844. The minimum absolute atomic E-state index is 0. The molecule has 0 radical (unpaired) electrons. The first-order valence-corrected chi connectivity index (χ1v) is 11.2. The maximum absolute atomic E-state index is 5.79. The molecule has 0 spiro atoms. The molecule has 2 aromatic rings. The number of guanidine groups is 1. The number of fused-ring (bicyclic) bond motifs is 1. The van der Waals surface area contributed by atoms with Crippen molar-refractivity contribution in [2.45, 2.75) is 50.7 Å². The monoisotopic (exact) mass is 534 g/mol. The number of aliphatic imine (C=N–C) groups is 1. The Morgan fingerprint density at radius 1 is 1.10 bits per heavy atom. The van der Waals surface area contributed by atoms with Crippen LogP contribution in [0.5, 0.6) is 5.75 Å². The van der Waals surface area contributed by atoms with E-state index < -0.39 is 0 Å². The molecule has 0 aromatic heterocycles. The van der Waals surface area contributed by atoms with E-state index in [2.05, 4.69) is 76.0 Å². The smallest absolute Gasteiger partial charge is 0.191 e. The van der Waals surface area contributed by atoms with Gasteiger partial charge in [0, 0.05) is 44.7 Å². The van der Waals surface area contributed by atoms with Crippen molar-refractivity contribution >= 4 is 29.9 Å². The van der Waals surface area contributed by atoms with E-state index in [1.165, 1.54) is 11.1 Å². The van der Waals surface area contributed by atoms with Crippen molar-refractivity contribution < 1.29 is 4.74 Å². The summed E-state index contributed by atoms with van der Waals surface area (Å²) < 4.78 is 5.79. The zero-order valence-corrected chi connectivity index (χ0v) is 20.9. The molecule has 2 aromatic carbocycles. The molecule has 6 heteroatoms. The Kier molecular flexibility index (Phi) is 9.02. The molecule has 168 valence electrons. The zero-order valence-electron chi connectivity index (χ0n) is 18.6. The Balaban J connectivity index is 0.00000272. The summed E-state index contributed by atoms with van der Waals surface area (Å²) in [6.45, 7) is 6.14. The van der Waals surface area contributed by atoms with E-state index in [9.17, 15) is 0 Å². The predicted octanol–water partition coefficient (Wildman–Crippen LogP) is 4.39. The number of para-hydroxylation sites is 1. The van der Waals surface area contributed by atoms with E-state index in [0.717, 1.165) is 57.2 Å². The molecule has 5 nitrogen and oxygen atoms in total. The van der Waals surface area contributed by atoms with Gasteiger partial charge in [-0.2, -0.15) is 0 Å². The van der Waals surface area contributed by atoms with Crippen LogP contribution < -0.4 is 15.4 Å². The van der Waals surface area contributed by atoms with Crippen LogP contribution in [0.3, 0.4) is 0 Å². The molecular formula is C25H35IN4O. The number of halogens is 1. The third kappa shape index (κ3) is 6.35. The van der Waals surface area contributed by atoms with E-state index in [-0.39, 0.29) is 24.0 Å². The summed E-state index contributed by atoms with van der Waals surface area (Å²) in [6, 6.07) is 20.2. The van der Waals surface area contributed by atoms with E-state index in [1.807, 2.05) is 13.1 Å². The fourth-order valence-corrected chi connectivity index (χ4v) is 4.64. The molecular weight excluding hydrogens is 499 g/mol. The standard InChI is InChI=1S/C25H34N4O.HI/c1-19-16-22(12-14-29(19)18-20-8-4-3-5-9-20)28-25(26-2)27-17-21-13-15-30-24-11-7-6-10-23(21)24;/h3-11,19,21-22H,12-18H2,1-2H3,(H2,26,27,28);1H. The average molecular weight is 534 g/mol. The largest absolute Gasteiger partial charge is 0.493 e. The normalized spacial score (nSPS) is 23.8. The minimum Gasteiger partial charge on any atom is -0.493 e. The van der Waals surface area contributed by atoms with Crippen LogP contribution in [-0.4, -0.2) is 49.7 Å². The van der Waals surface area contributed by atoms with E-state index in [0.29, 0.717) is 18.0 Å². The van der Waals surface area contributed by atoms with Crippen LogP contribution in [0.4, 0.5) is 0 Å². The van der Waals surface area contributed by atoms with E-state index in [4.69, 9.17) is 4.74 Å². The molecule has 31 heavy (non-hydrogen) atoms. The summed E-state index contributed by atoms with van der Waals surface area (Å²) in [7, 11) is 1.86. The summed E-state index contributed by atoms with van der Waals surface area (Å²) in [6.07, 6.45) is 3.31. The lowest BCUT2D eigenvalue weighted by molar-refractivity contribution is 0.134. The van der Waals surface area contributed by atoms with Gasteiger partial charge in [-0.25, -0.2) is 0 Å². The quantitative estimate of drug-likeness (QED) is 0.340. The third-order valence-corrected chi connectivity index (χ3v) is 6.41. The van der Waals surface area contributed by atoms with Gasteiger partial charge in [0.25, 0.3) is 0 Å². The van der Waals surface area contributed by atoms with Crippen LogP contribution in [0.1, 0.15) is 43.2 Å². The highest BCUT2D eigenvalue weighted by Gasteiger charge is 2.26. The van der Waals surface area contributed by atoms with Gasteiger partial charge >= 0.3 is 0 Å². The topological polar surface area (TPSA) is 48.9 Å². The van der Waals surface area contributed by atoms with Gasteiger partial charge in [-0.05, 0) is 43.4 Å². The summed E-state index contributed by atoms with van der Waals surface area (Å²) in [5.74, 6) is 2.39. The van der Waals surface area contributed by atoms with Crippen LogP contribution in [0.2, 0.25) is 0 Å². The Hall–Kier alpha value is -1.80. The third-order valence-electron chi connectivity index (χ3n) is 6.41. The second kappa shape index (κ2) is 11.7. The number of rotatable bonds is 5. The SMILES string of the molecule is CN=C(NCC1CCOc2ccccc21)NC1CCN(Cc2ccccc2)C(C)C1.I. The van der Waals surface area contributed by atoms with Crippen LogP contribution in [0.25, 0.3) is 0 Å². The number of hydrogen-bond acceptors (Lipinski definition) is 3. The summed E-state index contributed by atoms with van der Waals surface area (Å²) >= 11 is 0. The molecule has 2 N–H and O–H groups in total. The average Bonchev–Trinajstić information content (AvgIpc) is 2.79. The molecule has 1 fully saturated rings. The summed E-state index contributed by atoms with van der Waals surface area (Å²) in [5, 5.41) is 7.23. The minimum atomic E-state index is 0. The fourth-order valence-electron chi connectivity index (χ4n) is 4.64. The van der Waals surface area contributed by atoms with Gasteiger partial charge in [0.15, 0.2) is 5.96 Å². The highest BCUT2D eigenvalue weighted by molar-refractivity contribution is 14.0. The van der Waals surface area contributed by atoms with Gasteiger partial charge < -0.3 is 15.4 Å². The fraction of sp³-hybridized carbons (Fsp3) is 0.480. The van der Waals surface area contributed by atoms with Gasteiger partial charge in [-0.15, -0.1) is 24.0 Å². The van der Waals surface area contributed by atoms with Crippen molar-refractivity contribution in [1.29, 1.82) is 0 Å². The van der Waals surface area contributed by atoms with Gasteiger partial charge in [-0.3, -0.25) is 9.89 Å². The molecule has 0 amide bonds. The van der Waals surface area contributed by atoms with Crippen molar-refractivity contribution in [2.24, 2.45) is 4.99 Å². The number of nitrogens with one attached hydrogen (secondary N) is 2. The number of ether oxygens (including phenoxy) is 1. The molecule has 0 aliphatic carbocycles. The number of hydrogen-bond donors (Lipinski definition) is 2. The first-order chi connectivity index (χ1) is 14.7. The van der Waals surface area contributed by atoms with Crippen molar-refractivity contribution in [1.82, 2.24) is 15.5 Å². The number of benzene rings is 2. The van der Waals surface area contributed by atoms with Crippen LogP contribution in [0, 0.1) is 0 Å². The molecule has 2 aliphatic rings. The first-order valence-electron chi connectivity index (χ1n) is 11.2. The second-order valence-corrected chi connectivity index (χ2v) is 8.50. The number of nitrogens with zero attached hydrogens (tertiary/aromatic N) is 2. The lowest BCUT2D eigenvalue weighted by Crippen LogP contribution is -2.51. The highest BCUT2D eigenvalue weighted by Crippen LogP contribution is 2.32. The predicted molar refractivity (Wildman–Crippen MR) is 139 cm³/mol. The van der Waals surface area contributed by atoms with Crippen molar-refractivity contribution in [3.8, 4) is 5.75 Å². The molecule has 2 aliphatic heterocycles. The van der Waals surface area contributed by atoms with Gasteiger partial charge in [0.1, 0.15) is 5.75 Å². The molecule has 3 atom stereocenters. The maximum atomic E-state index is 5.79. The molecule has 1 saturated heterocycles. The second-order valence-electron chi connectivity index (χ2n) is 8.50. The van der Waals surface area contributed by atoms with Crippen LogP contribution >= 0.6 is 24.0 Å². The Morgan fingerprint density at radius 3 is 2.65 bits per heavy atom. The van der Waals surface area contributed by atoms with Gasteiger partial charge in [0.2, 0.25) is 0 Å². The number of piperidine rings is 1. The molecule has 2 heterocycles. The molecule has 0 bridgehead atoms. The Labute approximate surface area is 203 Å². The van der Waals surface area contributed by atoms with Crippen molar-refractivity contribution in [2.75, 3.05) is 26.7 Å². The van der Waals surface area contributed by atoms with Gasteiger partial charge in [-0.1, -0.05) is 48.5 Å². The van der Waals surface area contributed by atoms with Crippen LogP contribution in [-0.2, 0) is 6.54 Å². The maximum Gasteiger partial charge on any atom is 0.191 e. The van der Waals surface area contributed by atoms with Crippen LogP contribution in [0.15, 0.2) is 59.6 Å². The zero-order chi connectivity index (χ0) is 20.8.